The molecule has 0 bridgehead atoms. The normalized spacial score (nSPS) is 29.4. The molecule has 0 aromatic rings. The summed E-state index contributed by atoms with van der Waals surface area (Å²) < 4.78 is 5.44. The van der Waals surface area contributed by atoms with Gasteiger partial charge in [0.15, 0.2) is 0 Å². The number of hydrogen-bond acceptors (Lipinski definition) is 3. The number of carbonyl (C=O) groups is 1. The van der Waals surface area contributed by atoms with Gasteiger partial charge in [0.2, 0.25) is 5.91 Å². The van der Waals surface area contributed by atoms with Crippen LogP contribution in [0.2, 0.25) is 0 Å². The minimum absolute atomic E-state index is 0.214. The van der Waals surface area contributed by atoms with Crippen LogP contribution in [0.1, 0.15) is 58.3 Å². The van der Waals surface area contributed by atoms with E-state index in [4.69, 9.17) is 4.74 Å². The molecule has 3 heterocycles. The largest absolute Gasteiger partial charge is 0.381 e. The van der Waals surface area contributed by atoms with Crippen molar-refractivity contribution in [3.63, 3.8) is 0 Å². The fraction of sp³-hybridized carbons (Fsp3) is 0.947. The van der Waals surface area contributed by atoms with Crippen molar-refractivity contribution in [2.45, 2.75) is 64.3 Å². The molecule has 3 rings (SSSR count). The van der Waals surface area contributed by atoms with E-state index in [0.29, 0.717) is 11.9 Å². The smallest absolute Gasteiger partial charge is 0.226 e. The van der Waals surface area contributed by atoms with E-state index in [2.05, 4.69) is 16.7 Å². The van der Waals surface area contributed by atoms with Crippen LogP contribution in [0, 0.1) is 11.8 Å². The Morgan fingerprint density at radius 1 is 0.957 bits per heavy atom. The third kappa shape index (κ3) is 4.69. The number of likely N-dealkylation sites (tertiary alicyclic amines) is 2. The highest BCUT2D eigenvalue weighted by Crippen LogP contribution is 2.25. The molecule has 0 aliphatic carbocycles. The SMILES string of the molecule is CC1CCN(CC2CCCCCN2C(=O)C2CCOCC2)CC1. The predicted molar refractivity (Wildman–Crippen MR) is 92.4 cm³/mol. The third-order valence-corrected chi connectivity index (χ3v) is 6.08. The first kappa shape index (κ1) is 17.2. The molecule has 23 heavy (non-hydrogen) atoms. The molecule has 4 nitrogen and oxygen atoms in total. The quantitative estimate of drug-likeness (QED) is 0.801. The van der Waals surface area contributed by atoms with Crippen molar-refractivity contribution in [1.29, 1.82) is 0 Å². The molecule has 0 saturated carbocycles. The fourth-order valence-electron chi connectivity index (χ4n) is 4.38. The molecule has 1 atom stereocenters. The molecule has 0 aromatic carbocycles. The molecule has 132 valence electrons. The van der Waals surface area contributed by atoms with Crippen molar-refractivity contribution in [1.82, 2.24) is 9.80 Å². The number of hydrogen-bond donors (Lipinski definition) is 0. The van der Waals surface area contributed by atoms with Gasteiger partial charge in [-0.2, -0.15) is 0 Å². The molecule has 3 saturated heterocycles. The van der Waals surface area contributed by atoms with Gasteiger partial charge in [-0.15, -0.1) is 0 Å². The van der Waals surface area contributed by atoms with Crippen LogP contribution >= 0.6 is 0 Å². The molecular formula is C19H34N2O2. The maximum Gasteiger partial charge on any atom is 0.226 e. The van der Waals surface area contributed by atoms with Gasteiger partial charge in [-0.05, 0) is 57.5 Å². The summed E-state index contributed by atoms with van der Waals surface area (Å²) in [6, 6.07) is 0.446. The molecule has 0 spiro atoms. The van der Waals surface area contributed by atoms with Gasteiger partial charge in [-0.3, -0.25) is 4.79 Å². The van der Waals surface area contributed by atoms with Crippen LogP contribution in [-0.2, 0) is 9.53 Å². The van der Waals surface area contributed by atoms with Crippen molar-refractivity contribution in [2.24, 2.45) is 11.8 Å². The second-order valence-electron chi connectivity index (χ2n) is 7.90. The summed E-state index contributed by atoms with van der Waals surface area (Å²) in [5.74, 6) is 1.51. The average Bonchev–Trinajstić information content (AvgIpc) is 2.82. The number of carbonyl (C=O) groups excluding carboxylic acids is 1. The molecule has 1 unspecified atom stereocenters. The third-order valence-electron chi connectivity index (χ3n) is 6.08. The minimum Gasteiger partial charge on any atom is -0.381 e. The summed E-state index contributed by atoms with van der Waals surface area (Å²) >= 11 is 0. The number of piperidine rings is 1. The molecule has 3 fully saturated rings. The van der Waals surface area contributed by atoms with Crippen LogP contribution in [-0.4, -0.2) is 61.1 Å². The molecule has 0 radical (unpaired) electrons. The Kier molecular flexibility index (Phi) is 6.35. The van der Waals surface area contributed by atoms with Crippen LogP contribution in [0.25, 0.3) is 0 Å². The topological polar surface area (TPSA) is 32.8 Å². The molecule has 0 aromatic heterocycles. The van der Waals surface area contributed by atoms with Crippen molar-refractivity contribution >= 4 is 5.91 Å². The summed E-state index contributed by atoms with van der Waals surface area (Å²) in [5, 5.41) is 0. The summed E-state index contributed by atoms with van der Waals surface area (Å²) in [4.78, 5) is 17.9. The number of rotatable bonds is 3. The van der Waals surface area contributed by atoms with Gasteiger partial charge in [0, 0.05) is 38.3 Å². The molecule has 3 aliphatic rings. The highest BCUT2D eigenvalue weighted by molar-refractivity contribution is 5.79. The van der Waals surface area contributed by atoms with Crippen molar-refractivity contribution in [3.05, 3.63) is 0 Å². The maximum atomic E-state index is 13.1. The van der Waals surface area contributed by atoms with Crippen molar-refractivity contribution in [3.8, 4) is 0 Å². The molecule has 1 amide bonds. The second-order valence-corrected chi connectivity index (χ2v) is 7.90. The van der Waals surface area contributed by atoms with Gasteiger partial charge in [-0.1, -0.05) is 19.8 Å². The van der Waals surface area contributed by atoms with Gasteiger partial charge in [0.05, 0.1) is 0 Å². The lowest BCUT2D eigenvalue weighted by Gasteiger charge is -2.39. The van der Waals surface area contributed by atoms with Gasteiger partial charge < -0.3 is 14.5 Å². The molecular weight excluding hydrogens is 288 g/mol. The van der Waals surface area contributed by atoms with Gasteiger partial charge in [-0.25, -0.2) is 0 Å². The summed E-state index contributed by atoms with van der Waals surface area (Å²) in [7, 11) is 0. The Labute approximate surface area is 141 Å². The Morgan fingerprint density at radius 3 is 2.43 bits per heavy atom. The Morgan fingerprint density at radius 2 is 1.70 bits per heavy atom. The first-order chi connectivity index (χ1) is 11.2. The number of nitrogens with zero attached hydrogens (tertiary/aromatic N) is 2. The summed E-state index contributed by atoms with van der Waals surface area (Å²) in [6.07, 6.45) is 9.43. The predicted octanol–water partition coefficient (Wildman–Crippen LogP) is 2.92. The standard InChI is InChI=1S/C19H34N2O2/c1-16-6-11-20(12-7-16)15-18-5-3-2-4-10-21(18)19(22)17-8-13-23-14-9-17/h16-18H,2-15H2,1H3. The van der Waals surface area contributed by atoms with Gasteiger partial charge >= 0.3 is 0 Å². The zero-order valence-electron chi connectivity index (χ0n) is 14.8. The van der Waals surface area contributed by atoms with E-state index in [9.17, 15) is 4.79 Å². The van der Waals surface area contributed by atoms with Gasteiger partial charge in [0.1, 0.15) is 0 Å². The number of amides is 1. The molecule has 4 heteroatoms. The van der Waals surface area contributed by atoms with E-state index in [1.165, 1.54) is 51.6 Å². The van der Waals surface area contributed by atoms with Crippen LogP contribution < -0.4 is 0 Å². The summed E-state index contributed by atoms with van der Waals surface area (Å²) in [5.41, 5.74) is 0. The van der Waals surface area contributed by atoms with Crippen LogP contribution in [0.15, 0.2) is 0 Å². The zero-order chi connectivity index (χ0) is 16.1. The lowest BCUT2D eigenvalue weighted by molar-refractivity contribution is -0.141. The molecule has 3 aliphatic heterocycles. The first-order valence-corrected chi connectivity index (χ1v) is 9.84. The Balaban J connectivity index is 1.61. The first-order valence-electron chi connectivity index (χ1n) is 9.84. The zero-order valence-corrected chi connectivity index (χ0v) is 14.8. The lowest BCUT2D eigenvalue weighted by Crippen LogP contribution is -2.50. The van der Waals surface area contributed by atoms with Crippen molar-refractivity contribution < 1.29 is 9.53 Å². The second kappa shape index (κ2) is 8.48. The van der Waals surface area contributed by atoms with Crippen LogP contribution in [0.4, 0.5) is 0 Å². The van der Waals surface area contributed by atoms with E-state index in [0.717, 1.165) is 45.1 Å². The van der Waals surface area contributed by atoms with Crippen LogP contribution in [0.5, 0.6) is 0 Å². The summed E-state index contributed by atoms with van der Waals surface area (Å²) in [6.45, 7) is 8.41. The van der Waals surface area contributed by atoms with E-state index >= 15 is 0 Å². The van der Waals surface area contributed by atoms with Crippen molar-refractivity contribution in [2.75, 3.05) is 39.4 Å². The fourth-order valence-corrected chi connectivity index (χ4v) is 4.38. The highest BCUT2D eigenvalue weighted by Gasteiger charge is 2.32. The van der Waals surface area contributed by atoms with E-state index < -0.39 is 0 Å². The minimum atomic E-state index is 0.214. The lowest BCUT2D eigenvalue weighted by atomic mass is 9.96. The van der Waals surface area contributed by atoms with E-state index in [1.807, 2.05) is 0 Å². The monoisotopic (exact) mass is 322 g/mol. The highest BCUT2D eigenvalue weighted by atomic mass is 16.5. The maximum absolute atomic E-state index is 13.1. The Bertz CT molecular complexity index is 374. The average molecular weight is 322 g/mol. The van der Waals surface area contributed by atoms with E-state index in [1.54, 1.807) is 0 Å². The number of ether oxygens (including phenoxy) is 1. The Hall–Kier alpha value is -0.610. The molecule has 0 N–H and O–H groups in total. The van der Waals surface area contributed by atoms with E-state index in [-0.39, 0.29) is 5.92 Å². The van der Waals surface area contributed by atoms with Gasteiger partial charge in [0.25, 0.3) is 0 Å². The van der Waals surface area contributed by atoms with Crippen LogP contribution in [0.3, 0.4) is 0 Å².